The minimum atomic E-state index is -0.724. The van der Waals surface area contributed by atoms with Crippen molar-refractivity contribution in [3.05, 3.63) is 0 Å². The van der Waals surface area contributed by atoms with Crippen LogP contribution in [-0.4, -0.2) is 66.2 Å². The van der Waals surface area contributed by atoms with Gasteiger partial charge in [-0.3, -0.25) is 4.79 Å². The quantitative estimate of drug-likeness (QED) is 0.824. The molecule has 6 heteroatoms. The smallest absolute Gasteiger partial charge is 0.317 e. The molecule has 3 aliphatic rings. The number of carboxylic acids is 1. The Balaban J connectivity index is 1.44. The van der Waals surface area contributed by atoms with E-state index in [2.05, 4.69) is 17.1 Å². The Morgan fingerprint density at radius 2 is 2.00 bits per heavy atom. The molecule has 3 rings (SSSR count). The zero-order chi connectivity index (χ0) is 16.4. The number of hydrogen-bond donors (Lipinski definition) is 2. The lowest BCUT2D eigenvalue weighted by molar-refractivity contribution is -0.149. The van der Waals surface area contributed by atoms with E-state index in [0.717, 1.165) is 38.4 Å². The Kier molecular flexibility index (Phi) is 4.80. The molecule has 0 aromatic rings. The Morgan fingerprint density at radius 1 is 1.26 bits per heavy atom. The van der Waals surface area contributed by atoms with Crippen molar-refractivity contribution in [3.63, 3.8) is 0 Å². The van der Waals surface area contributed by atoms with Gasteiger partial charge in [-0.25, -0.2) is 4.79 Å². The van der Waals surface area contributed by atoms with Gasteiger partial charge in [0.1, 0.15) is 0 Å². The second-order valence-electron chi connectivity index (χ2n) is 7.69. The number of amides is 2. The molecule has 2 amide bonds. The molecule has 0 bridgehead atoms. The molecule has 3 fully saturated rings. The summed E-state index contributed by atoms with van der Waals surface area (Å²) in [4.78, 5) is 28.1. The van der Waals surface area contributed by atoms with Crippen molar-refractivity contribution in [2.75, 3.05) is 39.3 Å². The summed E-state index contributed by atoms with van der Waals surface area (Å²) in [5.74, 6) is 0.226. The van der Waals surface area contributed by atoms with Crippen molar-refractivity contribution in [3.8, 4) is 0 Å². The normalized spacial score (nSPS) is 32.0. The number of carboxylic acid groups (broad SMARTS) is 1. The third-order valence-electron chi connectivity index (χ3n) is 6.16. The number of aliphatic carboxylic acids is 1. The van der Waals surface area contributed by atoms with E-state index in [1.54, 1.807) is 4.90 Å². The fourth-order valence-corrected chi connectivity index (χ4v) is 4.51. The van der Waals surface area contributed by atoms with Gasteiger partial charge in [0.15, 0.2) is 0 Å². The highest BCUT2D eigenvalue weighted by Gasteiger charge is 2.55. The minimum absolute atomic E-state index is 0.0922. The predicted molar refractivity (Wildman–Crippen MR) is 87.2 cm³/mol. The molecule has 0 aromatic carbocycles. The standard InChI is InChI=1S/C17H29N3O3/c1-13-4-8-19(9-5-13)10-7-18-16(23)20-11-14-3-2-6-17(14,12-20)15(21)22/h13-14H,2-12H2,1H3,(H,18,23)(H,21,22)/t14-,17+/m0/s1. The van der Waals surface area contributed by atoms with Crippen LogP contribution in [0.1, 0.15) is 39.0 Å². The maximum Gasteiger partial charge on any atom is 0.317 e. The number of carbonyl (C=O) groups is 2. The summed E-state index contributed by atoms with van der Waals surface area (Å²) in [5.41, 5.74) is -0.680. The van der Waals surface area contributed by atoms with Crippen molar-refractivity contribution in [2.24, 2.45) is 17.3 Å². The van der Waals surface area contributed by atoms with E-state index in [0.29, 0.717) is 26.1 Å². The third-order valence-corrected chi connectivity index (χ3v) is 6.16. The predicted octanol–water partition coefficient (Wildman–Crippen LogP) is 1.61. The molecular formula is C17H29N3O3. The fourth-order valence-electron chi connectivity index (χ4n) is 4.51. The molecule has 0 spiro atoms. The van der Waals surface area contributed by atoms with Crippen LogP contribution in [0.25, 0.3) is 0 Å². The Morgan fingerprint density at radius 3 is 2.65 bits per heavy atom. The first kappa shape index (κ1) is 16.6. The van der Waals surface area contributed by atoms with Crippen LogP contribution in [0, 0.1) is 17.3 Å². The van der Waals surface area contributed by atoms with Gasteiger partial charge in [0.05, 0.1) is 5.41 Å². The average molecular weight is 323 g/mol. The van der Waals surface area contributed by atoms with Crippen molar-refractivity contribution in [1.29, 1.82) is 0 Å². The molecule has 2 heterocycles. The molecule has 2 N–H and O–H groups in total. The second kappa shape index (κ2) is 6.67. The van der Waals surface area contributed by atoms with Crippen LogP contribution in [-0.2, 0) is 4.79 Å². The largest absolute Gasteiger partial charge is 0.481 e. The summed E-state index contributed by atoms with van der Waals surface area (Å²) in [6, 6.07) is -0.0922. The molecule has 2 atom stereocenters. The SMILES string of the molecule is CC1CCN(CCNC(=O)N2C[C@@H]3CCC[C@@]3(C(=O)O)C2)CC1. The summed E-state index contributed by atoms with van der Waals surface area (Å²) >= 11 is 0. The van der Waals surface area contributed by atoms with Crippen LogP contribution in [0.15, 0.2) is 0 Å². The van der Waals surface area contributed by atoms with Gasteiger partial charge >= 0.3 is 12.0 Å². The van der Waals surface area contributed by atoms with E-state index < -0.39 is 11.4 Å². The zero-order valence-electron chi connectivity index (χ0n) is 14.1. The summed E-state index contributed by atoms with van der Waals surface area (Å²) in [7, 11) is 0. The number of rotatable bonds is 4. The van der Waals surface area contributed by atoms with Crippen LogP contribution in [0.4, 0.5) is 4.79 Å². The van der Waals surface area contributed by atoms with E-state index in [1.165, 1.54) is 12.8 Å². The first-order chi connectivity index (χ1) is 11.0. The van der Waals surface area contributed by atoms with E-state index >= 15 is 0 Å². The summed E-state index contributed by atoms with van der Waals surface area (Å²) in [5, 5.41) is 12.6. The lowest BCUT2D eigenvalue weighted by Gasteiger charge is -2.30. The van der Waals surface area contributed by atoms with E-state index in [-0.39, 0.29) is 11.9 Å². The lowest BCUT2D eigenvalue weighted by atomic mass is 9.81. The van der Waals surface area contributed by atoms with Gasteiger partial charge in [-0.2, -0.15) is 0 Å². The number of urea groups is 1. The highest BCUT2D eigenvalue weighted by Crippen LogP contribution is 2.48. The van der Waals surface area contributed by atoms with E-state index in [4.69, 9.17) is 0 Å². The fraction of sp³-hybridized carbons (Fsp3) is 0.882. The third kappa shape index (κ3) is 3.32. The summed E-state index contributed by atoms with van der Waals surface area (Å²) in [6.07, 6.45) is 5.09. The Bertz CT molecular complexity index is 462. The van der Waals surface area contributed by atoms with Crippen molar-refractivity contribution in [2.45, 2.75) is 39.0 Å². The number of nitrogens with zero attached hydrogens (tertiary/aromatic N) is 2. The first-order valence-corrected chi connectivity index (χ1v) is 9.00. The number of piperidine rings is 1. The molecule has 1 aliphatic carbocycles. The van der Waals surface area contributed by atoms with Crippen molar-refractivity contribution >= 4 is 12.0 Å². The zero-order valence-corrected chi connectivity index (χ0v) is 14.1. The molecule has 2 saturated heterocycles. The molecule has 0 aromatic heterocycles. The lowest BCUT2D eigenvalue weighted by Crippen LogP contribution is -2.45. The molecule has 2 aliphatic heterocycles. The number of nitrogens with one attached hydrogen (secondary N) is 1. The van der Waals surface area contributed by atoms with Gasteiger partial charge in [0, 0.05) is 26.2 Å². The monoisotopic (exact) mass is 323 g/mol. The first-order valence-electron chi connectivity index (χ1n) is 9.00. The molecular weight excluding hydrogens is 294 g/mol. The number of likely N-dealkylation sites (tertiary alicyclic amines) is 2. The molecule has 6 nitrogen and oxygen atoms in total. The Hall–Kier alpha value is -1.30. The molecule has 0 radical (unpaired) electrons. The number of carbonyl (C=O) groups excluding carboxylic acids is 1. The number of fused-ring (bicyclic) bond motifs is 1. The minimum Gasteiger partial charge on any atom is -0.481 e. The van der Waals surface area contributed by atoms with E-state index in [1.807, 2.05) is 0 Å². The average Bonchev–Trinajstić information content (AvgIpc) is 3.07. The summed E-state index contributed by atoms with van der Waals surface area (Å²) < 4.78 is 0. The van der Waals surface area contributed by atoms with Crippen LogP contribution in [0.3, 0.4) is 0 Å². The maximum atomic E-state index is 12.3. The van der Waals surface area contributed by atoms with Crippen LogP contribution in [0.2, 0.25) is 0 Å². The van der Waals surface area contributed by atoms with E-state index in [9.17, 15) is 14.7 Å². The maximum absolute atomic E-state index is 12.3. The van der Waals surface area contributed by atoms with Crippen molar-refractivity contribution in [1.82, 2.24) is 15.1 Å². The highest BCUT2D eigenvalue weighted by molar-refractivity contribution is 5.80. The highest BCUT2D eigenvalue weighted by atomic mass is 16.4. The molecule has 130 valence electrons. The van der Waals surface area contributed by atoms with Gasteiger partial charge in [-0.15, -0.1) is 0 Å². The molecule has 1 saturated carbocycles. The summed E-state index contributed by atoms with van der Waals surface area (Å²) in [6.45, 7) is 7.03. The Labute approximate surface area is 138 Å². The van der Waals surface area contributed by atoms with Crippen LogP contribution >= 0.6 is 0 Å². The molecule has 0 unspecified atom stereocenters. The second-order valence-corrected chi connectivity index (χ2v) is 7.69. The number of hydrogen-bond acceptors (Lipinski definition) is 3. The molecule has 23 heavy (non-hydrogen) atoms. The van der Waals surface area contributed by atoms with Gasteiger partial charge in [0.2, 0.25) is 0 Å². The van der Waals surface area contributed by atoms with Gasteiger partial charge < -0.3 is 20.2 Å². The van der Waals surface area contributed by atoms with Gasteiger partial charge in [0.25, 0.3) is 0 Å². The van der Waals surface area contributed by atoms with Gasteiger partial charge in [-0.05, 0) is 50.6 Å². The topological polar surface area (TPSA) is 72.9 Å². The van der Waals surface area contributed by atoms with Crippen molar-refractivity contribution < 1.29 is 14.7 Å². The van der Waals surface area contributed by atoms with Gasteiger partial charge in [-0.1, -0.05) is 13.3 Å². The van der Waals surface area contributed by atoms with Crippen LogP contribution < -0.4 is 5.32 Å². The van der Waals surface area contributed by atoms with Crippen LogP contribution in [0.5, 0.6) is 0 Å².